The van der Waals surface area contributed by atoms with Crippen LogP contribution in [0.1, 0.15) is 25.3 Å². The van der Waals surface area contributed by atoms with Crippen LogP contribution in [0.2, 0.25) is 0 Å². The summed E-state index contributed by atoms with van der Waals surface area (Å²) in [6, 6.07) is 6.46. The summed E-state index contributed by atoms with van der Waals surface area (Å²) < 4.78 is 27.0. The fourth-order valence-electron chi connectivity index (χ4n) is 2.62. The third-order valence-electron chi connectivity index (χ3n) is 4.23. The predicted octanol–water partition coefficient (Wildman–Crippen LogP) is -0.345. The summed E-state index contributed by atoms with van der Waals surface area (Å²) in [5, 5.41) is 18.1. The van der Waals surface area contributed by atoms with Crippen LogP contribution in [0.15, 0.2) is 34.3 Å². The van der Waals surface area contributed by atoms with Crippen molar-refractivity contribution < 1.29 is 18.3 Å². The van der Waals surface area contributed by atoms with Gasteiger partial charge in [0.25, 0.3) is 0 Å². The van der Waals surface area contributed by atoms with Crippen LogP contribution in [0.25, 0.3) is 0 Å². The number of hydrazone groups is 1. The first kappa shape index (κ1) is 20.3. The maximum atomic E-state index is 12.8. The van der Waals surface area contributed by atoms with Crippen molar-refractivity contribution >= 4 is 39.0 Å². The van der Waals surface area contributed by atoms with Gasteiger partial charge in [-0.1, -0.05) is 12.1 Å². The molecule has 0 saturated carbocycles. The summed E-state index contributed by atoms with van der Waals surface area (Å²) in [7, 11) is -2.03. The number of nitrogens with one attached hydrogen (secondary N) is 2. The zero-order valence-electron chi connectivity index (χ0n) is 14.6. The molecule has 2 N–H and O–H groups in total. The minimum atomic E-state index is -3.70. The lowest BCUT2D eigenvalue weighted by Gasteiger charge is -2.31. The van der Waals surface area contributed by atoms with Gasteiger partial charge in [0.05, 0.1) is 10.6 Å². The molecule has 1 aromatic carbocycles. The Balaban J connectivity index is 2.18. The van der Waals surface area contributed by atoms with Crippen LogP contribution in [0.5, 0.6) is 0 Å². The van der Waals surface area contributed by atoms with Gasteiger partial charge in [0.15, 0.2) is 5.11 Å². The Morgan fingerprint density at radius 2 is 2.00 bits per heavy atom. The highest BCUT2D eigenvalue weighted by Gasteiger charge is 2.29. The number of hydrogen-bond donors (Lipinski definition) is 2. The number of rotatable bonds is 5. The third-order valence-corrected chi connectivity index (χ3v) is 6.42. The molecule has 1 aliphatic rings. The summed E-state index contributed by atoms with van der Waals surface area (Å²) in [4.78, 5) is 11.1. The van der Waals surface area contributed by atoms with Gasteiger partial charge in [-0.15, -0.1) is 0 Å². The van der Waals surface area contributed by atoms with Crippen LogP contribution in [0.4, 0.5) is 0 Å². The van der Waals surface area contributed by atoms with E-state index in [9.17, 15) is 18.3 Å². The minimum absolute atomic E-state index is 0.146. The van der Waals surface area contributed by atoms with E-state index in [1.54, 1.807) is 32.2 Å². The van der Waals surface area contributed by atoms with Crippen LogP contribution in [0, 0.1) is 5.92 Å². The number of carboxylic acid groups (broad SMARTS) is 1. The molecular formula is C16H21N4O4S2-. The number of aliphatic carboxylic acids is 1. The lowest BCUT2D eigenvalue weighted by atomic mass is 9.99. The Morgan fingerprint density at radius 1 is 1.35 bits per heavy atom. The molecule has 0 bridgehead atoms. The van der Waals surface area contributed by atoms with E-state index in [2.05, 4.69) is 15.8 Å². The molecule has 1 fully saturated rings. The molecule has 1 saturated heterocycles. The normalized spacial score (nSPS) is 16.9. The van der Waals surface area contributed by atoms with E-state index in [1.807, 2.05) is 0 Å². The molecule has 142 valence electrons. The first-order chi connectivity index (χ1) is 12.3. The second-order valence-corrected chi connectivity index (χ2v) is 8.26. The van der Waals surface area contributed by atoms with Crippen molar-refractivity contribution in [2.75, 3.05) is 20.1 Å². The summed E-state index contributed by atoms with van der Waals surface area (Å²) in [5.74, 6) is -1.72. The standard InChI is InChI=1S/C16H22N4O4S2/c1-11(18-19-16(25)17-2)13-4-3-5-14(10-13)26(23,24)20-8-6-12(7-9-20)15(21)22/h3-5,10,12H,6-9H2,1-2H3,(H,21,22)(H2,17,19,25)/p-1/b18-11-. The first-order valence-corrected chi connectivity index (χ1v) is 9.94. The summed E-state index contributed by atoms with van der Waals surface area (Å²) >= 11 is 4.94. The molecule has 0 aromatic heterocycles. The monoisotopic (exact) mass is 397 g/mol. The Bertz CT molecular complexity index is 815. The minimum Gasteiger partial charge on any atom is -0.550 e. The van der Waals surface area contributed by atoms with Crippen LogP contribution < -0.4 is 15.8 Å². The van der Waals surface area contributed by atoms with Gasteiger partial charge >= 0.3 is 0 Å². The number of carbonyl (C=O) groups is 1. The van der Waals surface area contributed by atoms with E-state index in [1.165, 1.54) is 10.4 Å². The van der Waals surface area contributed by atoms with Crippen molar-refractivity contribution in [3.63, 3.8) is 0 Å². The van der Waals surface area contributed by atoms with E-state index in [-0.39, 0.29) is 30.8 Å². The zero-order valence-corrected chi connectivity index (χ0v) is 16.2. The lowest BCUT2D eigenvalue weighted by Crippen LogP contribution is -2.43. The van der Waals surface area contributed by atoms with Gasteiger partial charge in [-0.2, -0.15) is 9.41 Å². The van der Waals surface area contributed by atoms with Gasteiger partial charge in [0.1, 0.15) is 0 Å². The number of thiocarbonyl (C=S) groups is 1. The average molecular weight is 398 g/mol. The SMILES string of the molecule is CNC(=S)N/N=C(/C)c1cccc(S(=O)(=O)N2CCC(C(=O)[O-])CC2)c1. The number of benzene rings is 1. The molecule has 0 spiro atoms. The van der Waals surface area contributed by atoms with Gasteiger partial charge in [0.2, 0.25) is 10.0 Å². The van der Waals surface area contributed by atoms with E-state index >= 15 is 0 Å². The van der Waals surface area contributed by atoms with Gasteiger partial charge in [-0.25, -0.2) is 8.42 Å². The number of piperidine rings is 1. The van der Waals surface area contributed by atoms with Gasteiger partial charge < -0.3 is 15.2 Å². The molecule has 2 rings (SSSR count). The van der Waals surface area contributed by atoms with Gasteiger partial charge in [-0.05, 0) is 49.7 Å². The highest BCUT2D eigenvalue weighted by Crippen LogP contribution is 2.24. The van der Waals surface area contributed by atoms with Crippen LogP contribution in [0.3, 0.4) is 0 Å². The Hall–Kier alpha value is -2.04. The Morgan fingerprint density at radius 3 is 2.58 bits per heavy atom. The lowest BCUT2D eigenvalue weighted by molar-refractivity contribution is -0.312. The quantitative estimate of drug-likeness (QED) is 0.397. The molecule has 0 aliphatic carbocycles. The average Bonchev–Trinajstić information content (AvgIpc) is 2.65. The topological polar surface area (TPSA) is 114 Å². The van der Waals surface area contributed by atoms with Crippen molar-refractivity contribution in [1.29, 1.82) is 0 Å². The number of carbonyl (C=O) groups excluding carboxylic acids is 1. The van der Waals surface area contributed by atoms with Crippen LogP contribution >= 0.6 is 12.2 Å². The maximum Gasteiger partial charge on any atom is 0.243 e. The first-order valence-electron chi connectivity index (χ1n) is 8.09. The highest BCUT2D eigenvalue weighted by molar-refractivity contribution is 7.89. The molecule has 0 radical (unpaired) electrons. The maximum absolute atomic E-state index is 12.8. The molecule has 26 heavy (non-hydrogen) atoms. The fraction of sp³-hybridized carbons (Fsp3) is 0.438. The molecule has 0 unspecified atom stereocenters. The molecular weight excluding hydrogens is 376 g/mol. The molecule has 0 amide bonds. The second kappa shape index (κ2) is 8.56. The number of nitrogens with zero attached hydrogens (tertiary/aromatic N) is 2. The van der Waals surface area contributed by atoms with E-state index in [0.29, 0.717) is 16.4 Å². The van der Waals surface area contributed by atoms with E-state index < -0.39 is 21.9 Å². The van der Waals surface area contributed by atoms with Gasteiger partial charge in [0, 0.05) is 32.0 Å². The third kappa shape index (κ3) is 4.77. The Kier molecular flexibility index (Phi) is 6.68. The van der Waals surface area contributed by atoms with E-state index in [4.69, 9.17) is 12.2 Å². The molecule has 1 aliphatic heterocycles. The summed E-state index contributed by atoms with van der Waals surface area (Å²) in [6.45, 7) is 2.06. The van der Waals surface area contributed by atoms with Crippen LogP contribution in [-0.4, -0.2) is 49.7 Å². The van der Waals surface area contributed by atoms with E-state index in [0.717, 1.165) is 0 Å². The van der Waals surface area contributed by atoms with Crippen molar-refractivity contribution in [2.24, 2.45) is 11.0 Å². The number of hydrogen-bond acceptors (Lipinski definition) is 6. The van der Waals surface area contributed by atoms with Crippen molar-refractivity contribution in [3.05, 3.63) is 29.8 Å². The van der Waals surface area contributed by atoms with Crippen LogP contribution in [-0.2, 0) is 14.8 Å². The number of carboxylic acids is 1. The second-order valence-electron chi connectivity index (χ2n) is 5.91. The van der Waals surface area contributed by atoms with Crippen molar-refractivity contribution in [2.45, 2.75) is 24.7 Å². The number of sulfonamides is 1. The molecule has 10 heteroatoms. The smallest absolute Gasteiger partial charge is 0.243 e. The largest absolute Gasteiger partial charge is 0.550 e. The Labute approximate surface area is 158 Å². The predicted molar refractivity (Wildman–Crippen MR) is 99.9 cm³/mol. The molecule has 1 aromatic rings. The summed E-state index contributed by atoms with van der Waals surface area (Å²) in [5.41, 5.74) is 3.87. The van der Waals surface area contributed by atoms with Gasteiger partial charge in [-0.3, -0.25) is 5.43 Å². The van der Waals surface area contributed by atoms with Crippen molar-refractivity contribution in [1.82, 2.24) is 15.0 Å². The molecule has 8 nitrogen and oxygen atoms in total. The fourth-order valence-corrected chi connectivity index (χ4v) is 4.18. The molecule has 0 atom stereocenters. The molecule has 1 heterocycles. The van der Waals surface area contributed by atoms with Crippen molar-refractivity contribution in [3.8, 4) is 0 Å². The summed E-state index contributed by atoms with van der Waals surface area (Å²) in [6.07, 6.45) is 0.514. The zero-order chi connectivity index (χ0) is 19.3. The highest BCUT2D eigenvalue weighted by atomic mass is 32.2.